The van der Waals surface area contributed by atoms with Crippen LogP contribution in [0.5, 0.6) is 0 Å². The Kier molecular flexibility index (Phi) is 3.57. The van der Waals surface area contributed by atoms with Gasteiger partial charge in [0.15, 0.2) is 0 Å². The summed E-state index contributed by atoms with van der Waals surface area (Å²) in [4.78, 5) is 0. The van der Waals surface area contributed by atoms with Crippen LogP contribution in [0.25, 0.3) is 0 Å². The predicted octanol–water partition coefficient (Wildman–Crippen LogP) is 4.73. The van der Waals surface area contributed by atoms with Crippen molar-refractivity contribution in [1.29, 1.82) is 0 Å². The van der Waals surface area contributed by atoms with Gasteiger partial charge in [-0.3, -0.25) is 0 Å². The molecule has 0 radical (unpaired) electrons. The lowest BCUT2D eigenvalue weighted by Crippen LogP contribution is -2.40. The van der Waals surface area contributed by atoms with E-state index in [0.717, 1.165) is 19.6 Å². The maximum atomic E-state index is 6.29. The highest BCUT2D eigenvalue weighted by atomic mass is 35.5. The Balaban J connectivity index is 1.70. The molecule has 1 aromatic carbocycles. The maximum absolute atomic E-state index is 6.29. The van der Waals surface area contributed by atoms with Gasteiger partial charge < -0.3 is 9.88 Å². The van der Waals surface area contributed by atoms with Gasteiger partial charge in [-0.25, -0.2) is 0 Å². The summed E-state index contributed by atoms with van der Waals surface area (Å²) < 4.78 is 2.42. The number of halogens is 2. The largest absolute Gasteiger partial charge is 0.351 e. The van der Waals surface area contributed by atoms with Gasteiger partial charge >= 0.3 is 0 Å². The summed E-state index contributed by atoms with van der Waals surface area (Å²) in [5.74, 6) is 0. The van der Waals surface area contributed by atoms with Crippen LogP contribution in [0.3, 0.4) is 0 Å². The summed E-state index contributed by atoms with van der Waals surface area (Å²) in [7, 11) is 0. The number of nitrogens with one attached hydrogen (secondary N) is 1. The molecule has 4 rings (SSSR count). The van der Waals surface area contributed by atoms with Gasteiger partial charge in [0.25, 0.3) is 0 Å². The molecular formula is C19H22Cl2N2. The minimum atomic E-state index is 0.247. The number of hydrogen-bond donors (Lipinski definition) is 1. The topological polar surface area (TPSA) is 17.0 Å². The number of rotatable bonds is 3. The molecule has 0 unspecified atom stereocenters. The molecular weight excluding hydrogens is 327 g/mol. The zero-order valence-corrected chi connectivity index (χ0v) is 15.1. The summed E-state index contributed by atoms with van der Waals surface area (Å²) in [6, 6.07) is 8.47. The molecule has 1 aliphatic carbocycles. The lowest BCUT2D eigenvalue weighted by atomic mass is 9.81. The average molecular weight is 349 g/mol. The van der Waals surface area contributed by atoms with Crippen molar-refractivity contribution < 1.29 is 0 Å². The first-order valence-corrected chi connectivity index (χ1v) is 9.01. The summed E-state index contributed by atoms with van der Waals surface area (Å²) in [6.45, 7) is 7.58. The van der Waals surface area contributed by atoms with Gasteiger partial charge in [0.1, 0.15) is 0 Å². The molecule has 1 aromatic heterocycles. The molecule has 0 amide bonds. The molecule has 2 aliphatic rings. The van der Waals surface area contributed by atoms with Gasteiger partial charge in [-0.1, -0.05) is 29.3 Å². The molecule has 2 fully saturated rings. The van der Waals surface area contributed by atoms with E-state index in [1.54, 1.807) is 0 Å². The van der Waals surface area contributed by atoms with Crippen LogP contribution in [0.1, 0.15) is 29.7 Å². The first kappa shape index (κ1) is 15.6. The first-order chi connectivity index (χ1) is 11.0. The van der Waals surface area contributed by atoms with Crippen molar-refractivity contribution in [2.75, 3.05) is 13.1 Å². The SMILES string of the molecule is Cc1cc(C)n(C[C@]23CNCC[C@@]2(c2ccc(Cl)c(Cl)c2)C3)c1. The van der Waals surface area contributed by atoms with Crippen molar-refractivity contribution in [1.82, 2.24) is 9.88 Å². The Morgan fingerprint density at radius 3 is 2.70 bits per heavy atom. The minimum Gasteiger partial charge on any atom is -0.351 e. The van der Waals surface area contributed by atoms with E-state index in [-0.39, 0.29) is 5.41 Å². The van der Waals surface area contributed by atoms with E-state index in [9.17, 15) is 0 Å². The Hall–Kier alpha value is -0.960. The Morgan fingerprint density at radius 2 is 2.00 bits per heavy atom. The van der Waals surface area contributed by atoms with E-state index in [1.807, 2.05) is 6.07 Å². The average Bonchev–Trinajstić information content (AvgIpc) is 3.09. The van der Waals surface area contributed by atoms with E-state index in [2.05, 4.69) is 48.1 Å². The molecule has 122 valence electrons. The van der Waals surface area contributed by atoms with Crippen LogP contribution < -0.4 is 5.32 Å². The molecule has 2 nitrogen and oxygen atoms in total. The second kappa shape index (κ2) is 5.27. The van der Waals surface area contributed by atoms with Gasteiger partial charge in [0.05, 0.1) is 10.0 Å². The lowest BCUT2D eigenvalue weighted by molar-refractivity contribution is 0.284. The number of nitrogens with zero attached hydrogens (tertiary/aromatic N) is 1. The summed E-state index contributed by atoms with van der Waals surface area (Å²) >= 11 is 12.4. The number of piperidine rings is 1. The first-order valence-electron chi connectivity index (χ1n) is 8.25. The fourth-order valence-electron chi connectivity index (χ4n) is 4.65. The third kappa shape index (κ3) is 2.34. The van der Waals surface area contributed by atoms with Gasteiger partial charge in [0.2, 0.25) is 0 Å². The predicted molar refractivity (Wildman–Crippen MR) is 96.6 cm³/mol. The summed E-state index contributed by atoms with van der Waals surface area (Å²) in [5.41, 5.74) is 4.58. The number of aromatic nitrogens is 1. The molecule has 2 heterocycles. The fourth-order valence-corrected chi connectivity index (χ4v) is 4.95. The van der Waals surface area contributed by atoms with E-state index in [1.165, 1.54) is 29.7 Å². The molecule has 1 aliphatic heterocycles. The number of aryl methyl sites for hydroxylation is 2. The zero-order chi connectivity index (χ0) is 16.2. The van der Waals surface area contributed by atoms with Crippen LogP contribution in [0.2, 0.25) is 10.0 Å². The molecule has 23 heavy (non-hydrogen) atoms. The Morgan fingerprint density at radius 1 is 1.17 bits per heavy atom. The molecule has 4 heteroatoms. The van der Waals surface area contributed by atoms with Gasteiger partial charge in [0, 0.05) is 35.8 Å². The second-order valence-corrected chi connectivity index (χ2v) is 8.20. The van der Waals surface area contributed by atoms with Crippen LogP contribution >= 0.6 is 23.2 Å². The lowest BCUT2D eigenvalue weighted by Gasteiger charge is -2.32. The molecule has 1 N–H and O–H groups in total. The smallest absolute Gasteiger partial charge is 0.0595 e. The third-order valence-electron chi connectivity index (χ3n) is 5.92. The van der Waals surface area contributed by atoms with E-state index in [0.29, 0.717) is 15.5 Å². The Bertz CT molecular complexity index is 767. The van der Waals surface area contributed by atoms with Gasteiger partial charge in [-0.2, -0.15) is 0 Å². The van der Waals surface area contributed by atoms with Crippen molar-refractivity contribution >= 4 is 23.2 Å². The summed E-state index contributed by atoms with van der Waals surface area (Å²) in [6.07, 6.45) is 4.67. The molecule has 2 aromatic rings. The van der Waals surface area contributed by atoms with Crippen molar-refractivity contribution in [3.63, 3.8) is 0 Å². The molecule has 2 atom stereocenters. The van der Waals surface area contributed by atoms with E-state index < -0.39 is 0 Å². The number of hydrogen-bond acceptors (Lipinski definition) is 1. The van der Waals surface area contributed by atoms with Crippen molar-refractivity contribution in [2.24, 2.45) is 5.41 Å². The van der Waals surface area contributed by atoms with E-state index in [4.69, 9.17) is 23.2 Å². The van der Waals surface area contributed by atoms with Crippen molar-refractivity contribution in [3.8, 4) is 0 Å². The highest BCUT2D eigenvalue weighted by molar-refractivity contribution is 6.42. The quantitative estimate of drug-likeness (QED) is 0.847. The third-order valence-corrected chi connectivity index (χ3v) is 6.66. The van der Waals surface area contributed by atoms with Crippen LogP contribution in [0, 0.1) is 19.3 Å². The monoisotopic (exact) mass is 348 g/mol. The molecule has 1 saturated carbocycles. The standard InChI is InChI=1S/C19H22Cl2N2/c1-13-7-14(2)23(9-13)12-18-10-19(18,5-6-22-11-18)15-3-4-16(20)17(21)8-15/h3-4,7-9,22H,5-6,10-12H2,1-2H3/t18-,19-/m0/s1. The zero-order valence-electron chi connectivity index (χ0n) is 13.6. The second-order valence-electron chi connectivity index (χ2n) is 7.38. The van der Waals surface area contributed by atoms with Crippen LogP contribution in [0.15, 0.2) is 30.5 Å². The highest BCUT2D eigenvalue weighted by Crippen LogP contribution is 2.68. The summed E-state index contributed by atoms with van der Waals surface area (Å²) in [5, 5.41) is 4.93. The Labute approximate surface area is 147 Å². The number of fused-ring (bicyclic) bond motifs is 1. The highest BCUT2D eigenvalue weighted by Gasteiger charge is 2.68. The van der Waals surface area contributed by atoms with Crippen molar-refractivity contribution in [2.45, 2.75) is 38.6 Å². The van der Waals surface area contributed by atoms with E-state index >= 15 is 0 Å². The van der Waals surface area contributed by atoms with Crippen LogP contribution in [0.4, 0.5) is 0 Å². The molecule has 0 bridgehead atoms. The molecule has 0 spiro atoms. The normalized spacial score (nSPS) is 29.4. The van der Waals surface area contributed by atoms with Crippen molar-refractivity contribution in [3.05, 3.63) is 57.3 Å². The van der Waals surface area contributed by atoms with Crippen LogP contribution in [-0.4, -0.2) is 17.7 Å². The fraction of sp³-hybridized carbons (Fsp3) is 0.474. The maximum Gasteiger partial charge on any atom is 0.0595 e. The minimum absolute atomic E-state index is 0.247. The van der Waals surface area contributed by atoms with Gasteiger partial charge in [-0.05, 0) is 62.6 Å². The number of benzene rings is 1. The van der Waals surface area contributed by atoms with Gasteiger partial charge in [-0.15, -0.1) is 0 Å². The van der Waals surface area contributed by atoms with Crippen LogP contribution in [-0.2, 0) is 12.0 Å². The molecule has 1 saturated heterocycles.